The Hall–Kier alpha value is -5.42. The fraction of sp³-hybridized carbons (Fsp3) is 0.270. The molecule has 0 unspecified atom stereocenters. The van der Waals surface area contributed by atoms with Gasteiger partial charge < -0.3 is 33.9 Å². The number of nitrogens with zero attached hydrogens (tertiary/aromatic N) is 3. The number of amides is 1. The van der Waals surface area contributed by atoms with Crippen molar-refractivity contribution in [2.24, 2.45) is 0 Å². The summed E-state index contributed by atoms with van der Waals surface area (Å²) in [5.41, 5.74) is 2.50. The van der Waals surface area contributed by atoms with Crippen LogP contribution in [0.4, 0.5) is 10.1 Å². The molecule has 5 aromatic rings. The lowest BCUT2D eigenvalue weighted by Gasteiger charge is -2.16. The summed E-state index contributed by atoms with van der Waals surface area (Å²) >= 11 is 0. The lowest BCUT2D eigenvalue weighted by atomic mass is 10.0. The summed E-state index contributed by atoms with van der Waals surface area (Å²) in [7, 11) is 4.71. The SMILES string of the molecule is COc1ccc(-c2ccnc(C(=O)Nc3ccc(Oc4ccnc5cc(OCCCN6CCCC6)c(OC)cc45)c(F)c3)c2)c(OC)c1. The second-order valence-corrected chi connectivity index (χ2v) is 11.3. The quantitative estimate of drug-likeness (QED) is 0.131. The molecular formula is C37H37FN4O6. The van der Waals surface area contributed by atoms with Gasteiger partial charge in [0.1, 0.15) is 22.9 Å². The summed E-state index contributed by atoms with van der Waals surface area (Å²) in [6.07, 6.45) is 6.56. The number of carbonyl (C=O) groups is 1. The molecule has 1 amide bonds. The maximum absolute atomic E-state index is 15.3. The second-order valence-electron chi connectivity index (χ2n) is 11.3. The van der Waals surface area contributed by atoms with Gasteiger partial charge in [0.2, 0.25) is 0 Å². The van der Waals surface area contributed by atoms with Gasteiger partial charge in [-0.05, 0) is 86.4 Å². The van der Waals surface area contributed by atoms with E-state index >= 15 is 4.39 Å². The van der Waals surface area contributed by atoms with Crippen molar-refractivity contribution < 1.29 is 32.9 Å². The molecular weight excluding hydrogens is 615 g/mol. The molecule has 0 bridgehead atoms. The highest BCUT2D eigenvalue weighted by Crippen LogP contribution is 2.38. The summed E-state index contributed by atoms with van der Waals surface area (Å²) in [5, 5.41) is 3.35. The van der Waals surface area contributed by atoms with Gasteiger partial charge in [-0.1, -0.05) is 0 Å². The van der Waals surface area contributed by atoms with E-state index in [0.29, 0.717) is 46.3 Å². The van der Waals surface area contributed by atoms with Crippen molar-refractivity contribution in [1.29, 1.82) is 0 Å². The van der Waals surface area contributed by atoms with Crippen LogP contribution in [0, 0.1) is 5.82 Å². The van der Waals surface area contributed by atoms with Gasteiger partial charge in [0, 0.05) is 53.8 Å². The molecule has 1 saturated heterocycles. The van der Waals surface area contributed by atoms with Gasteiger partial charge in [-0.2, -0.15) is 0 Å². The third kappa shape index (κ3) is 7.42. The maximum Gasteiger partial charge on any atom is 0.274 e. The van der Waals surface area contributed by atoms with Crippen LogP contribution in [0.5, 0.6) is 34.5 Å². The van der Waals surface area contributed by atoms with Gasteiger partial charge in [-0.25, -0.2) is 4.39 Å². The zero-order valence-corrected chi connectivity index (χ0v) is 27.1. The highest BCUT2D eigenvalue weighted by molar-refractivity contribution is 6.03. The predicted octanol–water partition coefficient (Wildman–Crippen LogP) is 7.37. The number of rotatable bonds is 13. The number of carbonyl (C=O) groups excluding carboxylic acids is 1. The molecule has 0 saturated carbocycles. The lowest BCUT2D eigenvalue weighted by molar-refractivity contribution is 0.102. The highest BCUT2D eigenvalue weighted by atomic mass is 19.1. The molecule has 0 radical (unpaired) electrons. The number of aromatic nitrogens is 2. The summed E-state index contributed by atoms with van der Waals surface area (Å²) in [4.78, 5) is 24.2. The van der Waals surface area contributed by atoms with E-state index in [4.69, 9.17) is 23.7 Å². The Morgan fingerprint density at radius 1 is 0.812 bits per heavy atom. The van der Waals surface area contributed by atoms with Crippen LogP contribution in [0.25, 0.3) is 22.0 Å². The first kappa shape index (κ1) is 32.5. The summed E-state index contributed by atoms with van der Waals surface area (Å²) in [6, 6.07) is 18.3. The molecule has 2 aromatic heterocycles. The van der Waals surface area contributed by atoms with Crippen LogP contribution in [0.3, 0.4) is 0 Å². The van der Waals surface area contributed by atoms with Crippen molar-refractivity contribution in [1.82, 2.24) is 14.9 Å². The molecule has 10 nitrogen and oxygen atoms in total. The van der Waals surface area contributed by atoms with Crippen LogP contribution >= 0.6 is 0 Å². The van der Waals surface area contributed by atoms with E-state index < -0.39 is 11.7 Å². The molecule has 1 N–H and O–H groups in total. The largest absolute Gasteiger partial charge is 0.497 e. The molecule has 6 rings (SSSR count). The van der Waals surface area contributed by atoms with Gasteiger partial charge in [-0.15, -0.1) is 0 Å². The first-order chi connectivity index (χ1) is 23.4. The molecule has 48 heavy (non-hydrogen) atoms. The van der Waals surface area contributed by atoms with E-state index in [2.05, 4.69) is 20.2 Å². The minimum absolute atomic E-state index is 0.0200. The Kier molecular flexibility index (Phi) is 10.2. The van der Waals surface area contributed by atoms with E-state index in [9.17, 15) is 4.79 Å². The second kappa shape index (κ2) is 15.0. The fourth-order valence-electron chi connectivity index (χ4n) is 5.70. The molecule has 3 aromatic carbocycles. The van der Waals surface area contributed by atoms with Crippen molar-refractivity contribution in [2.45, 2.75) is 19.3 Å². The molecule has 0 aliphatic carbocycles. The Balaban J connectivity index is 1.14. The number of ether oxygens (including phenoxy) is 5. The normalized spacial score (nSPS) is 12.9. The van der Waals surface area contributed by atoms with E-state index in [-0.39, 0.29) is 17.1 Å². The molecule has 0 spiro atoms. The lowest BCUT2D eigenvalue weighted by Crippen LogP contribution is -2.21. The molecule has 1 fully saturated rings. The van der Waals surface area contributed by atoms with Crippen LogP contribution in [0.1, 0.15) is 29.8 Å². The molecule has 1 aliphatic heterocycles. The van der Waals surface area contributed by atoms with Crippen LogP contribution in [0.2, 0.25) is 0 Å². The molecule has 11 heteroatoms. The smallest absolute Gasteiger partial charge is 0.274 e. The van der Waals surface area contributed by atoms with E-state index in [1.807, 2.05) is 6.07 Å². The number of halogens is 1. The van der Waals surface area contributed by atoms with Crippen molar-refractivity contribution in [3.05, 3.63) is 90.6 Å². The minimum Gasteiger partial charge on any atom is -0.497 e. The van der Waals surface area contributed by atoms with Crippen molar-refractivity contribution in [3.8, 4) is 45.6 Å². The van der Waals surface area contributed by atoms with E-state index in [1.54, 1.807) is 76.1 Å². The molecule has 0 atom stereocenters. The topological polar surface area (TPSA) is 104 Å². The van der Waals surface area contributed by atoms with Gasteiger partial charge in [0.05, 0.1) is 33.5 Å². The van der Waals surface area contributed by atoms with Crippen LogP contribution in [0.15, 0.2) is 79.1 Å². The van der Waals surface area contributed by atoms with Crippen LogP contribution in [-0.2, 0) is 0 Å². The number of fused-ring (bicyclic) bond motifs is 1. The standard InChI is InChI=1S/C37H37FN4O6/c1-44-26-8-9-27(34(21-26)45-2)24-11-13-40-31(19-24)37(43)41-25-7-10-33(29(38)20-25)48-32-12-14-39-30-23-36(35(46-3)22-28(30)32)47-18-6-17-42-15-4-5-16-42/h7-14,19-23H,4-6,15-18H2,1-3H3,(H,41,43). The Morgan fingerprint density at radius 2 is 1.62 bits per heavy atom. The van der Waals surface area contributed by atoms with E-state index in [1.165, 1.54) is 31.2 Å². The predicted molar refractivity (Wildman–Crippen MR) is 181 cm³/mol. The first-order valence-electron chi connectivity index (χ1n) is 15.7. The number of likely N-dealkylation sites (tertiary alicyclic amines) is 1. The molecule has 1 aliphatic rings. The summed E-state index contributed by atoms with van der Waals surface area (Å²) in [6.45, 7) is 3.86. The first-order valence-corrected chi connectivity index (χ1v) is 15.7. The van der Waals surface area contributed by atoms with E-state index in [0.717, 1.165) is 37.2 Å². The van der Waals surface area contributed by atoms with Gasteiger partial charge in [-0.3, -0.25) is 14.8 Å². The van der Waals surface area contributed by atoms with Gasteiger partial charge in [0.25, 0.3) is 5.91 Å². The van der Waals surface area contributed by atoms with Crippen molar-refractivity contribution in [3.63, 3.8) is 0 Å². The number of hydrogen-bond acceptors (Lipinski definition) is 9. The molecule has 248 valence electrons. The summed E-state index contributed by atoms with van der Waals surface area (Å²) in [5.74, 6) is 1.56. The Morgan fingerprint density at radius 3 is 2.40 bits per heavy atom. The number of nitrogens with one attached hydrogen (secondary N) is 1. The average Bonchev–Trinajstić information content (AvgIpc) is 3.64. The Bertz CT molecular complexity index is 1910. The monoisotopic (exact) mass is 652 g/mol. The number of anilines is 1. The third-order valence-corrected chi connectivity index (χ3v) is 8.18. The van der Waals surface area contributed by atoms with Crippen molar-refractivity contribution >= 4 is 22.5 Å². The average molecular weight is 653 g/mol. The number of pyridine rings is 2. The number of methoxy groups -OCH3 is 3. The zero-order valence-electron chi connectivity index (χ0n) is 27.1. The third-order valence-electron chi connectivity index (χ3n) is 8.18. The van der Waals surface area contributed by atoms with Crippen molar-refractivity contribution in [2.75, 3.05) is 52.9 Å². The summed E-state index contributed by atoms with van der Waals surface area (Å²) < 4.78 is 43.8. The number of benzene rings is 3. The van der Waals surface area contributed by atoms with Gasteiger partial charge >= 0.3 is 0 Å². The maximum atomic E-state index is 15.3. The highest BCUT2D eigenvalue weighted by Gasteiger charge is 2.17. The minimum atomic E-state index is -0.660. The van der Waals surface area contributed by atoms with Gasteiger partial charge in [0.15, 0.2) is 23.1 Å². The van der Waals surface area contributed by atoms with Crippen LogP contribution in [-0.4, -0.2) is 68.3 Å². The number of hydrogen-bond donors (Lipinski definition) is 1. The molecule has 3 heterocycles. The fourth-order valence-corrected chi connectivity index (χ4v) is 5.70. The Labute approximate surface area is 278 Å². The van der Waals surface area contributed by atoms with Crippen LogP contribution < -0.4 is 29.0 Å². The zero-order chi connectivity index (χ0) is 33.5.